The molecule has 4 heteroatoms. The van der Waals surface area contributed by atoms with Gasteiger partial charge in [-0.15, -0.1) is 0 Å². The van der Waals surface area contributed by atoms with Crippen molar-refractivity contribution in [2.24, 2.45) is 0 Å². The summed E-state index contributed by atoms with van der Waals surface area (Å²) in [6, 6.07) is 12.6. The summed E-state index contributed by atoms with van der Waals surface area (Å²) < 4.78 is 6.31. The van der Waals surface area contributed by atoms with E-state index in [2.05, 4.69) is 50.8 Å². The molecule has 0 unspecified atom stereocenters. The van der Waals surface area contributed by atoms with Gasteiger partial charge in [0.1, 0.15) is 5.75 Å². The van der Waals surface area contributed by atoms with Gasteiger partial charge in [0.05, 0.1) is 7.11 Å². The van der Waals surface area contributed by atoms with Crippen molar-refractivity contribution in [2.75, 3.05) is 24.3 Å². The molecule has 2 aromatic rings. The van der Waals surface area contributed by atoms with Crippen molar-refractivity contribution in [3.63, 3.8) is 0 Å². The maximum atomic E-state index is 5.30. The third kappa shape index (κ3) is 3.32. The summed E-state index contributed by atoms with van der Waals surface area (Å²) in [6.07, 6.45) is 2.38. The van der Waals surface area contributed by atoms with E-state index in [0.29, 0.717) is 0 Å². The molecule has 2 aromatic carbocycles. The molecule has 0 atom stereocenters. The van der Waals surface area contributed by atoms with E-state index in [1.165, 1.54) is 29.7 Å². The molecule has 0 bridgehead atoms. The van der Waals surface area contributed by atoms with Crippen molar-refractivity contribution in [1.29, 1.82) is 0 Å². The molecule has 110 valence electrons. The van der Waals surface area contributed by atoms with Gasteiger partial charge < -0.3 is 15.4 Å². The maximum Gasteiger partial charge on any atom is 0.122 e. The number of aryl methyl sites for hydroxylation is 1. The zero-order valence-corrected chi connectivity index (χ0v) is 13.7. The fraction of sp³-hybridized carbons (Fsp3) is 0.294. The molecular weight excluding hydrogens is 328 g/mol. The number of halogens is 1. The molecule has 0 aliphatic carbocycles. The molecule has 0 radical (unpaired) electrons. The molecule has 1 heterocycles. The second-order valence-corrected chi connectivity index (χ2v) is 6.13. The van der Waals surface area contributed by atoms with Gasteiger partial charge in [0.25, 0.3) is 0 Å². The van der Waals surface area contributed by atoms with Gasteiger partial charge in [-0.25, -0.2) is 0 Å². The number of hydrogen-bond donors (Lipinski definition) is 2. The van der Waals surface area contributed by atoms with Crippen LogP contribution in [0.5, 0.6) is 5.75 Å². The highest BCUT2D eigenvalue weighted by Gasteiger charge is 2.12. The lowest BCUT2D eigenvalue weighted by Crippen LogP contribution is -2.15. The molecule has 0 spiro atoms. The minimum absolute atomic E-state index is 0.801. The highest BCUT2D eigenvalue weighted by molar-refractivity contribution is 9.10. The topological polar surface area (TPSA) is 33.3 Å². The number of ether oxygens (including phenoxy) is 1. The van der Waals surface area contributed by atoms with Crippen molar-refractivity contribution in [3.05, 3.63) is 52.0 Å². The molecule has 0 saturated heterocycles. The summed E-state index contributed by atoms with van der Waals surface area (Å²) in [7, 11) is 1.68. The minimum Gasteiger partial charge on any atom is -0.497 e. The SMILES string of the molecule is COc1cc(Br)cc(NCc2cccc3c2NCCC3)c1. The number of hydrogen-bond acceptors (Lipinski definition) is 3. The lowest BCUT2D eigenvalue weighted by Gasteiger charge is -2.21. The van der Waals surface area contributed by atoms with E-state index in [4.69, 9.17) is 4.74 Å². The summed E-state index contributed by atoms with van der Waals surface area (Å²) in [4.78, 5) is 0. The molecule has 0 saturated carbocycles. The maximum absolute atomic E-state index is 5.30. The van der Waals surface area contributed by atoms with E-state index in [9.17, 15) is 0 Å². The summed E-state index contributed by atoms with van der Waals surface area (Å²) >= 11 is 3.51. The van der Waals surface area contributed by atoms with Crippen molar-refractivity contribution >= 4 is 27.3 Å². The summed E-state index contributed by atoms with van der Waals surface area (Å²) in [5, 5.41) is 7.00. The molecule has 1 aliphatic rings. The Hall–Kier alpha value is -1.68. The monoisotopic (exact) mass is 346 g/mol. The van der Waals surface area contributed by atoms with Crippen LogP contribution >= 0.6 is 15.9 Å². The largest absolute Gasteiger partial charge is 0.497 e. The van der Waals surface area contributed by atoms with Crippen LogP contribution < -0.4 is 15.4 Å². The van der Waals surface area contributed by atoms with Gasteiger partial charge in [-0.1, -0.05) is 34.1 Å². The number of nitrogens with one attached hydrogen (secondary N) is 2. The number of benzene rings is 2. The van der Waals surface area contributed by atoms with Crippen LogP contribution in [0.25, 0.3) is 0 Å². The quantitative estimate of drug-likeness (QED) is 0.859. The van der Waals surface area contributed by atoms with Crippen molar-refractivity contribution < 1.29 is 4.74 Å². The molecule has 3 rings (SSSR count). The Kier molecular flexibility index (Phi) is 4.34. The number of para-hydroxylation sites is 1. The van der Waals surface area contributed by atoms with E-state index in [-0.39, 0.29) is 0 Å². The Morgan fingerprint density at radius 3 is 3.05 bits per heavy atom. The van der Waals surface area contributed by atoms with E-state index in [1.807, 2.05) is 12.1 Å². The summed E-state index contributed by atoms with van der Waals surface area (Å²) in [6.45, 7) is 1.87. The van der Waals surface area contributed by atoms with E-state index in [0.717, 1.165) is 29.0 Å². The van der Waals surface area contributed by atoms with Gasteiger partial charge >= 0.3 is 0 Å². The molecule has 0 fully saturated rings. The lowest BCUT2D eigenvalue weighted by molar-refractivity contribution is 0.414. The predicted molar refractivity (Wildman–Crippen MR) is 91.3 cm³/mol. The number of methoxy groups -OCH3 is 1. The van der Waals surface area contributed by atoms with Crippen LogP contribution in [-0.2, 0) is 13.0 Å². The number of fused-ring (bicyclic) bond motifs is 1. The Bertz CT molecular complexity index is 643. The molecule has 2 N–H and O–H groups in total. The molecule has 1 aliphatic heterocycles. The first-order valence-electron chi connectivity index (χ1n) is 7.19. The molecular formula is C17H19BrN2O. The van der Waals surface area contributed by atoms with Gasteiger partial charge in [-0.05, 0) is 36.1 Å². The van der Waals surface area contributed by atoms with Gasteiger partial charge in [0, 0.05) is 35.0 Å². The zero-order valence-electron chi connectivity index (χ0n) is 12.1. The van der Waals surface area contributed by atoms with E-state index in [1.54, 1.807) is 7.11 Å². The normalized spacial score (nSPS) is 13.2. The van der Waals surface area contributed by atoms with Crippen LogP contribution in [0.3, 0.4) is 0 Å². The predicted octanol–water partition coefficient (Wildman–Crippen LogP) is 4.43. The molecule has 0 aromatic heterocycles. The van der Waals surface area contributed by atoms with E-state index >= 15 is 0 Å². The molecule has 0 amide bonds. The smallest absolute Gasteiger partial charge is 0.122 e. The first-order chi connectivity index (χ1) is 10.3. The van der Waals surface area contributed by atoms with Crippen LogP contribution in [0.2, 0.25) is 0 Å². The third-order valence-electron chi connectivity index (χ3n) is 3.75. The van der Waals surface area contributed by atoms with Crippen LogP contribution in [0.15, 0.2) is 40.9 Å². The van der Waals surface area contributed by atoms with Crippen LogP contribution in [0, 0.1) is 0 Å². The number of anilines is 2. The van der Waals surface area contributed by atoms with Crippen molar-refractivity contribution in [3.8, 4) is 5.75 Å². The fourth-order valence-corrected chi connectivity index (χ4v) is 3.18. The van der Waals surface area contributed by atoms with Crippen LogP contribution in [0.1, 0.15) is 17.5 Å². The zero-order chi connectivity index (χ0) is 14.7. The highest BCUT2D eigenvalue weighted by atomic mass is 79.9. The van der Waals surface area contributed by atoms with Gasteiger partial charge in [0.15, 0.2) is 0 Å². The summed E-state index contributed by atoms with van der Waals surface area (Å²) in [5.74, 6) is 0.847. The van der Waals surface area contributed by atoms with Crippen LogP contribution in [0.4, 0.5) is 11.4 Å². The second kappa shape index (κ2) is 6.39. The number of rotatable bonds is 4. The van der Waals surface area contributed by atoms with Gasteiger partial charge in [-0.3, -0.25) is 0 Å². The Morgan fingerprint density at radius 1 is 1.29 bits per heavy atom. The van der Waals surface area contributed by atoms with Crippen LogP contribution in [-0.4, -0.2) is 13.7 Å². The van der Waals surface area contributed by atoms with Gasteiger partial charge in [-0.2, -0.15) is 0 Å². The van der Waals surface area contributed by atoms with Crippen molar-refractivity contribution in [1.82, 2.24) is 0 Å². The van der Waals surface area contributed by atoms with Crippen molar-refractivity contribution in [2.45, 2.75) is 19.4 Å². The first-order valence-corrected chi connectivity index (χ1v) is 7.98. The average molecular weight is 347 g/mol. The third-order valence-corrected chi connectivity index (χ3v) is 4.21. The summed E-state index contributed by atoms with van der Waals surface area (Å²) in [5.41, 5.74) is 5.09. The first kappa shape index (κ1) is 14.3. The Labute approximate surface area is 133 Å². The molecule has 3 nitrogen and oxygen atoms in total. The Morgan fingerprint density at radius 2 is 2.19 bits per heavy atom. The highest BCUT2D eigenvalue weighted by Crippen LogP contribution is 2.28. The lowest BCUT2D eigenvalue weighted by atomic mass is 9.99. The standard InChI is InChI=1S/C17H19BrN2O/c1-21-16-9-14(18)8-15(10-16)20-11-13-5-2-4-12-6-3-7-19-17(12)13/h2,4-5,8-10,19-20H,3,6-7,11H2,1H3. The minimum atomic E-state index is 0.801. The average Bonchev–Trinajstić information content (AvgIpc) is 2.52. The Balaban J connectivity index is 1.77. The fourth-order valence-electron chi connectivity index (χ4n) is 2.71. The van der Waals surface area contributed by atoms with Gasteiger partial charge in [0.2, 0.25) is 0 Å². The second-order valence-electron chi connectivity index (χ2n) is 5.21. The molecule has 21 heavy (non-hydrogen) atoms. The van der Waals surface area contributed by atoms with E-state index < -0.39 is 0 Å².